The molecule has 4 aromatic rings. The SMILES string of the molecule is CC(Cc1cccc(NC(=O)Nc2ccccc2-c2ccccc2)c1)NC[C@H](O)c1ccc2c(c1)COC(C)(C)O2. The molecule has 2 atom stereocenters. The highest BCUT2D eigenvalue weighted by atomic mass is 16.7. The van der Waals surface area contributed by atoms with Crippen LogP contribution in [0.15, 0.2) is 97.1 Å². The number of anilines is 2. The number of aliphatic hydroxyl groups excluding tert-OH is 1. The maximum Gasteiger partial charge on any atom is 0.323 e. The number of ether oxygens (including phenoxy) is 2. The Kier molecular flexibility index (Phi) is 8.69. The topological polar surface area (TPSA) is 91.9 Å². The van der Waals surface area contributed by atoms with Gasteiger partial charge in [-0.1, -0.05) is 66.7 Å². The Morgan fingerprint density at radius 3 is 2.54 bits per heavy atom. The average molecular weight is 552 g/mol. The van der Waals surface area contributed by atoms with Crippen LogP contribution in [0.25, 0.3) is 11.1 Å². The summed E-state index contributed by atoms with van der Waals surface area (Å²) < 4.78 is 11.6. The fourth-order valence-corrected chi connectivity index (χ4v) is 4.94. The predicted molar refractivity (Wildman–Crippen MR) is 163 cm³/mol. The van der Waals surface area contributed by atoms with Crippen LogP contribution in [0.2, 0.25) is 0 Å². The minimum atomic E-state index is -0.659. The van der Waals surface area contributed by atoms with Crippen molar-refractivity contribution in [1.29, 1.82) is 0 Å². The molecule has 0 radical (unpaired) electrons. The fourth-order valence-electron chi connectivity index (χ4n) is 4.94. The van der Waals surface area contributed by atoms with Gasteiger partial charge >= 0.3 is 6.03 Å². The predicted octanol–water partition coefficient (Wildman–Crippen LogP) is 6.90. The van der Waals surface area contributed by atoms with Crippen molar-refractivity contribution in [3.05, 3.63) is 114 Å². The first-order valence-electron chi connectivity index (χ1n) is 13.9. The molecule has 41 heavy (non-hydrogen) atoms. The van der Waals surface area contributed by atoms with Crippen LogP contribution in [0.5, 0.6) is 5.75 Å². The van der Waals surface area contributed by atoms with E-state index in [0.29, 0.717) is 18.8 Å². The maximum absolute atomic E-state index is 12.9. The molecule has 0 saturated carbocycles. The Balaban J connectivity index is 1.14. The van der Waals surface area contributed by atoms with Crippen LogP contribution in [-0.4, -0.2) is 29.5 Å². The third-order valence-corrected chi connectivity index (χ3v) is 7.05. The quantitative estimate of drug-likeness (QED) is 0.182. The van der Waals surface area contributed by atoms with E-state index in [4.69, 9.17) is 9.47 Å². The van der Waals surface area contributed by atoms with E-state index in [2.05, 4.69) is 22.9 Å². The summed E-state index contributed by atoms with van der Waals surface area (Å²) in [5, 5.41) is 20.2. The lowest BCUT2D eigenvalue weighted by atomic mass is 10.0. The molecule has 7 heteroatoms. The zero-order valence-electron chi connectivity index (χ0n) is 23.7. The van der Waals surface area contributed by atoms with Gasteiger partial charge in [-0.05, 0) is 60.4 Å². The summed E-state index contributed by atoms with van der Waals surface area (Å²) in [6, 6.07) is 31.1. The number of carbonyl (C=O) groups excluding carboxylic acids is 1. The average Bonchev–Trinajstić information content (AvgIpc) is 2.96. The van der Waals surface area contributed by atoms with E-state index in [-0.39, 0.29) is 12.1 Å². The molecule has 0 aliphatic carbocycles. The van der Waals surface area contributed by atoms with Crippen molar-refractivity contribution in [1.82, 2.24) is 5.32 Å². The summed E-state index contributed by atoms with van der Waals surface area (Å²) >= 11 is 0. The van der Waals surface area contributed by atoms with Crippen molar-refractivity contribution >= 4 is 17.4 Å². The molecule has 0 spiro atoms. The van der Waals surface area contributed by atoms with E-state index in [9.17, 15) is 9.90 Å². The number of amides is 2. The molecule has 7 nitrogen and oxygen atoms in total. The number of hydrogen-bond donors (Lipinski definition) is 4. The van der Waals surface area contributed by atoms with Gasteiger partial charge in [-0.25, -0.2) is 4.79 Å². The lowest BCUT2D eigenvalue weighted by Crippen LogP contribution is -2.35. The highest BCUT2D eigenvalue weighted by molar-refractivity contribution is 6.02. The normalized spacial score (nSPS) is 15.2. The van der Waals surface area contributed by atoms with Gasteiger partial charge in [-0.3, -0.25) is 0 Å². The van der Waals surface area contributed by atoms with E-state index in [1.165, 1.54) is 0 Å². The lowest BCUT2D eigenvalue weighted by Gasteiger charge is -2.33. The van der Waals surface area contributed by atoms with Gasteiger partial charge in [-0.15, -0.1) is 0 Å². The van der Waals surface area contributed by atoms with Crippen LogP contribution in [0.1, 0.15) is 43.6 Å². The molecule has 0 bridgehead atoms. The molecule has 212 valence electrons. The van der Waals surface area contributed by atoms with E-state index in [1.54, 1.807) is 0 Å². The van der Waals surface area contributed by atoms with Crippen LogP contribution in [-0.2, 0) is 17.8 Å². The number of fused-ring (bicyclic) bond motifs is 1. The Morgan fingerprint density at radius 2 is 1.71 bits per heavy atom. The van der Waals surface area contributed by atoms with E-state index in [1.807, 2.05) is 111 Å². The number of carbonyl (C=O) groups is 1. The minimum absolute atomic E-state index is 0.108. The molecule has 2 amide bonds. The first kappa shape index (κ1) is 28.4. The molecule has 0 saturated heterocycles. The van der Waals surface area contributed by atoms with Crippen molar-refractivity contribution in [3.8, 4) is 16.9 Å². The second kappa shape index (κ2) is 12.6. The number of benzene rings is 4. The van der Waals surface area contributed by atoms with E-state index < -0.39 is 11.9 Å². The molecule has 4 aromatic carbocycles. The van der Waals surface area contributed by atoms with Crippen molar-refractivity contribution in [3.63, 3.8) is 0 Å². The maximum atomic E-state index is 12.9. The monoisotopic (exact) mass is 551 g/mol. The molecule has 0 fully saturated rings. The molecule has 0 aromatic heterocycles. The third-order valence-electron chi connectivity index (χ3n) is 7.05. The number of para-hydroxylation sites is 1. The summed E-state index contributed by atoms with van der Waals surface area (Å²) in [6.07, 6.45) is 0.0786. The summed E-state index contributed by atoms with van der Waals surface area (Å²) in [5.74, 6) is 0.148. The number of nitrogens with one attached hydrogen (secondary N) is 3. The molecule has 1 aliphatic rings. The Labute approximate surface area is 241 Å². The Bertz CT molecular complexity index is 1490. The molecular formula is C34H37N3O4. The number of hydrogen-bond acceptors (Lipinski definition) is 5. The second-order valence-electron chi connectivity index (χ2n) is 10.9. The van der Waals surface area contributed by atoms with Crippen LogP contribution < -0.4 is 20.7 Å². The summed E-state index contributed by atoms with van der Waals surface area (Å²) in [7, 11) is 0. The van der Waals surface area contributed by atoms with Gasteiger partial charge in [0.15, 0.2) is 0 Å². The smallest absolute Gasteiger partial charge is 0.323 e. The molecule has 5 rings (SSSR count). The van der Waals surface area contributed by atoms with Crippen molar-refractivity contribution in [2.75, 3.05) is 17.2 Å². The highest BCUT2D eigenvalue weighted by Gasteiger charge is 2.27. The zero-order valence-corrected chi connectivity index (χ0v) is 23.7. The zero-order chi connectivity index (χ0) is 28.8. The Hall–Kier alpha value is -4.17. The first-order valence-corrected chi connectivity index (χ1v) is 13.9. The third kappa shape index (κ3) is 7.52. The summed E-state index contributed by atoms with van der Waals surface area (Å²) in [6.45, 7) is 6.72. The molecule has 1 unspecified atom stereocenters. The van der Waals surface area contributed by atoms with Gasteiger partial charge in [0.2, 0.25) is 5.79 Å². The van der Waals surface area contributed by atoms with Crippen LogP contribution in [0.4, 0.5) is 16.2 Å². The van der Waals surface area contributed by atoms with Gasteiger partial charge < -0.3 is 30.5 Å². The van der Waals surface area contributed by atoms with Crippen LogP contribution in [0, 0.1) is 0 Å². The first-order chi connectivity index (χ1) is 19.8. The van der Waals surface area contributed by atoms with Gasteiger partial charge in [0, 0.05) is 43.2 Å². The summed E-state index contributed by atoms with van der Waals surface area (Å²) in [5.41, 5.74) is 6.29. The second-order valence-corrected chi connectivity index (χ2v) is 10.9. The number of urea groups is 1. The van der Waals surface area contributed by atoms with Gasteiger partial charge in [-0.2, -0.15) is 0 Å². The van der Waals surface area contributed by atoms with E-state index in [0.717, 1.165) is 45.7 Å². The fraction of sp³-hybridized carbons (Fsp3) is 0.265. The van der Waals surface area contributed by atoms with E-state index >= 15 is 0 Å². The van der Waals surface area contributed by atoms with Crippen LogP contribution >= 0.6 is 0 Å². The van der Waals surface area contributed by atoms with Crippen molar-refractivity contribution in [2.24, 2.45) is 0 Å². The molecular weight excluding hydrogens is 514 g/mol. The summed E-state index contributed by atoms with van der Waals surface area (Å²) in [4.78, 5) is 12.9. The van der Waals surface area contributed by atoms with Crippen LogP contribution in [0.3, 0.4) is 0 Å². The largest absolute Gasteiger partial charge is 0.463 e. The highest BCUT2D eigenvalue weighted by Crippen LogP contribution is 2.33. The van der Waals surface area contributed by atoms with Gasteiger partial charge in [0.25, 0.3) is 0 Å². The molecule has 1 heterocycles. The lowest BCUT2D eigenvalue weighted by molar-refractivity contribution is -0.180. The van der Waals surface area contributed by atoms with Gasteiger partial charge in [0.1, 0.15) is 5.75 Å². The van der Waals surface area contributed by atoms with Crippen molar-refractivity contribution < 1.29 is 19.4 Å². The minimum Gasteiger partial charge on any atom is -0.463 e. The standard InChI is InChI=1S/C34H37N3O4/c1-23(35-21-31(38)26-16-17-32-27(20-26)22-40-34(2,3)41-32)18-24-10-9-13-28(19-24)36-33(39)37-30-15-8-7-14-29(30)25-11-5-4-6-12-25/h4-17,19-20,23,31,35,38H,18,21-22H2,1-3H3,(H2,36,37,39)/t23?,31-/m0/s1. The number of aliphatic hydroxyl groups is 1. The van der Waals surface area contributed by atoms with Crippen molar-refractivity contribution in [2.45, 2.75) is 51.7 Å². The Morgan fingerprint density at radius 1 is 0.927 bits per heavy atom. The molecule has 4 N–H and O–H groups in total. The number of rotatable bonds is 9. The van der Waals surface area contributed by atoms with Gasteiger partial charge in [0.05, 0.1) is 18.4 Å². The molecule has 1 aliphatic heterocycles.